The first-order valence-electron chi connectivity index (χ1n) is 8.48. The fourth-order valence-electron chi connectivity index (χ4n) is 3.31. The number of rotatable bonds is 4. The predicted octanol–water partition coefficient (Wildman–Crippen LogP) is 3.28. The molecule has 0 radical (unpaired) electrons. The summed E-state index contributed by atoms with van der Waals surface area (Å²) in [5, 5.41) is 26.8. The molecule has 0 spiro atoms. The lowest BCUT2D eigenvalue weighted by Crippen LogP contribution is -2.47. The topological polar surface area (TPSA) is 91.0 Å². The molecule has 1 aromatic heterocycles. The van der Waals surface area contributed by atoms with E-state index < -0.39 is 12.1 Å². The smallest absolute Gasteiger partial charge is 0.407 e. The zero-order valence-electron chi connectivity index (χ0n) is 14.2. The zero-order chi connectivity index (χ0) is 17.8. The van der Waals surface area contributed by atoms with E-state index in [0.717, 1.165) is 36.1 Å². The number of piperidine rings is 1. The summed E-state index contributed by atoms with van der Waals surface area (Å²) in [4.78, 5) is 12.9. The van der Waals surface area contributed by atoms with Crippen LogP contribution in [0.4, 0.5) is 4.79 Å². The Labute approximate surface area is 146 Å². The molecule has 2 N–H and O–H groups in total. The summed E-state index contributed by atoms with van der Waals surface area (Å²) in [6, 6.07) is 7.18. The number of carboxylic acid groups (broad SMARTS) is 1. The Balaban J connectivity index is 1.93. The van der Waals surface area contributed by atoms with Crippen LogP contribution in [-0.2, 0) is 6.54 Å². The minimum Gasteiger partial charge on any atom is -0.465 e. The number of nitrogens with zero attached hydrogens (tertiary/aromatic N) is 4. The molecule has 1 aliphatic rings. The van der Waals surface area contributed by atoms with Gasteiger partial charge in [-0.3, -0.25) is 9.58 Å². The van der Waals surface area contributed by atoms with Gasteiger partial charge < -0.3 is 10.3 Å². The molecule has 1 aliphatic heterocycles. The van der Waals surface area contributed by atoms with Crippen molar-refractivity contribution in [3.63, 3.8) is 0 Å². The SMILES string of the molecule is CCn1cc(-c2cccc(C(=NO)C3CCCCN3C(=O)O)c2)cn1. The van der Waals surface area contributed by atoms with Crippen LogP contribution >= 0.6 is 0 Å². The van der Waals surface area contributed by atoms with E-state index in [2.05, 4.69) is 10.3 Å². The number of amides is 1. The third-order valence-electron chi connectivity index (χ3n) is 4.62. The Hall–Kier alpha value is -2.83. The maximum absolute atomic E-state index is 11.5. The lowest BCUT2D eigenvalue weighted by atomic mass is 9.92. The van der Waals surface area contributed by atoms with Gasteiger partial charge in [0.1, 0.15) is 5.71 Å². The molecule has 1 fully saturated rings. The highest BCUT2D eigenvalue weighted by Gasteiger charge is 2.31. The van der Waals surface area contributed by atoms with Gasteiger partial charge in [-0.05, 0) is 37.8 Å². The predicted molar refractivity (Wildman–Crippen MR) is 94.0 cm³/mol. The maximum atomic E-state index is 11.5. The number of benzene rings is 1. The molecule has 25 heavy (non-hydrogen) atoms. The maximum Gasteiger partial charge on any atom is 0.407 e. The average Bonchev–Trinajstić information content (AvgIpc) is 3.12. The molecule has 2 aromatic rings. The van der Waals surface area contributed by atoms with Crippen LogP contribution in [0.25, 0.3) is 11.1 Å². The van der Waals surface area contributed by atoms with Crippen molar-refractivity contribution in [3.8, 4) is 11.1 Å². The highest BCUT2D eigenvalue weighted by Crippen LogP contribution is 2.25. The molecule has 1 atom stereocenters. The fraction of sp³-hybridized carbons (Fsp3) is 0.389. The van der Waals surface area contributed by atoms with Gasteiger partial charge in [-0.15, -0.1) is 0 Å². The van der Waals surface area contributed by atoms with Crippen LogP contribution in [0.3, 0.4) is 0 Å². The van der Waals surface area contributed by atoms with Crippen LogP contribution in [0.1, 0.15) is 31.7 Å². The lowest BCUT2D eigenvalue weighted by Gasteiger charge is -2.33. The first-order chi connectivity index (χ1) is 12.1. The quantitative estimate of drug-likeness (QED) is 0.507. The standard InChI is InChI=1S/C18H22N4O3/c1-2-21-12-15(11-19-21)13-6-5-7-14(10-13)17(20-25)16-8-3-4-9-22(16)18(23)24/h5-7,10-12,16,25H,2-4,8-9H2,1H3,(H,23,24). The minimum atomic E-state index is -0.980. The summed E-state index contributed by atoms with van der Waals surface area (Å²) < 4.78 is 1.84. The average molecular weight is 342 g/mol. The summed E-state index contributed by atoms with van der Waals surface area (Å²) in [7, 11) is 0. The van der Waals surface area contributed by atoms with Crippen LogP contribution in [0.2, 0.25) is 0 Å². The molecule has 1 unspecified atom stereocenters. The molecular weight excluding hydrogens is 320 g/mol. The zero-order valence-corrected chi connectivity index (χ0v) is 14.2. The first kappa shape index (κ1) is 17.0. The minimum absolute atomic E-state index is 0.395. The van der Waals surface area contributed by atoms with Gasteiger partial charge in [0.25, 0.3) is 0 Å². The van der Waals surface area contributed by atoms with Crippen LogP contribution in [0.5, 0.6) is 0 Å². The second-order valence-electron chi connectivity index (χ2n) is 6.14. The van der Waals surface area contributed by atoms with Gasteiger partial charge in [-0.2, -0.15) is 5.10 Å². The second-order valence-corrected chi connectivity index (χ2v) is 6.14. The number of hydrogen-bond acceptors (Lipinski definition) is 4. The van der Waals surface area contributed by atoms with Gasteiger partial charge in [0.2, 0.25) is 0 Å². The summed E-state index contributed by atoms with van der Waals surface area (Å²) in [6.45, 7) is 3.27. The van der Waals surface area contributed by atoms with Gasteiger partial charge in [-0.1, -0.05) is 23.4 Å². The van der Waals surface area contributed by atoms with Gasteiger partial charge in [0, 0.05) is 30.4 Å². The van der Waals surface area contributed by atoms with Crippen molar-refractivity contribution in [2.75, 3.05) is 6.54 Å². The highest BCUT2D eigenvalue weighted by molar-refractivity contribution is 6.06. The Morgan fingerprint density at radius 2 is 2.20 bits per heavy atom. The summed E-state index contributed by atoms with van der Waals surface area (Å²) in [5.41, 5.74) is 3.05. The highest BCUT2D eigenvalue weighted by atomic mass is 16.4. The van der Waals surface area contributed by atoms with Crippen LogP contribution in [0, 0.1) is 0 Å². The van der Waals surface area contributed by atoms with Crippen molar-refractivity contribution in [3.05, 3.63) is 42.2 Å². The molecule has 0 saturated carbocycles. The normalized spacial score (nSPS) is 18.4. The Kier molecular flexibility index (Phi) is 5.02. The number of aromatic nitrogens is 2. The number of oxime groups is 1. The van der Waals surface area contributed by atoms with E-state index in [1.54, 1.807) is 6.20 Å². The van der Waals surface area contributed by atoms with Crippen molar-refractivity contribution in [2.45, 2.75) is 38.8 Å². The van der Waals surface area contributed by atoms with Crippen molar-refractivity contribution in [1.29, 1.82) is 0 Å². The summed E-state index contributed by atoms with van der Waals surface area (Å²) in [6.07, 6.45) is 5.17. The van der Waals surface area contributed by atoms with Gasteiger partial charge in [0.05, 0.1) is 12.2 Å². The van der Waals surface area contributed by atoms with E-state index in [1.807, 2.05) is 42.1 Å². The van der Waals surface area contributed by atoms with E-state index in [0.29, 0.717) is 18.7 Å². The van der Waals surface area contributed by atoms with Crippen LogP contribution in [0.15, 0.2) is 41.8 Å². The van der Waals surface area contributed by atoms with E-state index in [4.69, 9.17) is 0 Å². The van der Waals surface area contributed by atoms with Crippen LogP contribution < -0.4 is 0 Å². The third kappa shape index (κ3) is 3.50. The van der Waals surface area contributed by atoms with Crippen molar-refractivity contribution >= 4 is 11.8 Å². The fourth-order valence-corrected chi connectivity index (χ4v) is 3.31. The second kappa shape index (κ2) is 7.38. The van der Waals surface area contributed by atoms with Crippen molar-refractivity contribution in [1.82, 2.24) is 14.7 Å². The summed E-state index contributed by atoms with van der Waals surface area (Å²) >= 11 is 0. The monoisotopic (exact) mass is 342 g/mol. The number of likely N-dealkylation sites (tertiary alicyclic amines) is 1. The van der Waals surface area contributed by atoms with E-state index >= 15 is 0 Å². The van der Waals surface area contributed by atoms with E-state index in [-0.39, 0.29) is 0 Å². The molecule has 7 nitrogen and oxygen atoms in total. The van der Waals surface area contributed by atoms with Gasteiger partial charge >= 0.3 is 6.09 Å². The molecule has 1 amide bonds. The number of aryl methyl sites for hydroxylation is 1. The van der Waals surface area contributed by atoms with E-state index in [9.17, 15) is 15.1 Å². The van der Waals surface area contributed by atoms with E-state index in [1.165, 1.54) is 4.90 Å². The Bertz CT molecular complexity index is 784. The van der Waals surface area contributed by atoms with Crippen molar-refractivity contribution < 1.29 is 15.1 Å². The van der Waals surface area contributed by atoms with Crippen molar-refractivity contribution in [2.24, 2.45) is 5.16 Å². The Morgan fingerprint density at radius 1 is 1.36 bits per heavy atom. The number of carbonyl (C=O) groups is 1. The number of hydrogen-bond donors (Lipinski definition) is 2. The van der Waals surface area contributed by atoms with Gasteiger partial charge in [-0.25, -0.2) is 4.79 Å². The largest absolute Gasteiger partial charge is 0.465 e. The summed E-state index contributed by atoms with van der Waals surface area (Å²) in [5.74, 6) is 0. The molecule has 7 heteroatoms. The lowest BCUT2D eigenvalue weighted by molar-refractivity contribution is 0.123. The third-order valence-corrected chi connectivity index (χ3v) is 4.62. The molecule has 132 valence electrons. The first-order valence-corrected chi connectivity index (χ1v) is 8.48. The Morgan fingerprint density at radius 3 is 2.88 bits per heavy atom. The molecule has 0 aliphatic carbocycles. The molecule has 1 saturated heterocycles. The van der Waals surface area contributed by atoms with Crippen LogP contribution in [-0.4, -0.2) is 49.4 Å². The molecular formula is C18H22N4O3. The molecule has 1 aromatic carbocycles. The van der Waals surface area contributed by atoms with Gasteiger partial charge in [0.15, 0.2) is 0 Å². The molecule has 2 heterocycles. The molecule has 0 bridgehead atoms. The molecule has 3 rings (SSSR count).